The van der Waals surface area contributed by atoms with Crippen molar-refractivity contribution in [1.82, 2.24) is 9.80 Å². The van der Waals surface area contributed by atoms with E-state index in [0.717, 1.165) is 70.9 Å². The van der Waals surface area contributed by atoms with Gasteiger partial charge in [0, 0.05) is 13.1 Å². The van der Waals surface area contributed by atoms with E-state index in [1.807, 2.05) is 0 Å². The van der Waals surface area contributed by atoms with Gasteiger partial charge in [0.05, 0.1) is 19.3 Å². The number of hydrogen-bond acceptors (Lipinski definition) is 4. The lowest BCUT2D eigenvalue weighted by atomic mass is 9.87. The fourth-order valence-electron chi connectivity index (χ4n) is 3.77. The van der Waals surface area contributed by atoms with Crippen LogP contribution in [0.25, 0.3) is 0 Å². The lowest BCUT2D eigenvalue weighted by Crippen LogP contribution is -2.40. The number of aliphatic hydroxyl groups excluding tert-OH is 1. The number of benzene rings is 1. The van der Waals surface area contributed by atoms with Crippen molar-refractivity contribution < 1.29 is 14.2 Å². The Hall–Kier alpha value is -1.01. The second-order valence-electron chi connectivity index (χ2n) is 6.98. The first-order chi connectivity index (χ1) is 11.7. The molecule has 24 heavy (non-hydrogen) atoms. The minimum atomic E-state index is -0.471. The first-order valence-electron chi connectivity index (χ1n) is 9.18. The number of piperidine rings is 1. The molecule has 0 bridgehead atoms. The van der Waals surface area contributed by atoms with Gasteiger partial charge in [-0.2, -0.15) is 0 Å². The van der Waals surface area contributed by atoms with Gasteiger partial charge in [-0.15, -0.1) is 0 Å². The molecule has 134 valence electrons. The van der Waals surface area contributed by atoms with Crippen LogP contribution < -0.4 is 0 Å². The highest BCUT2D eigenvalue weighted by molar-refractivity contribution is 5.19. The van der Waals surface area contributed by atoms with Gasteiger partial charge in [0.1, 0.15) is 5.82 Å². The van der Waals surface area contributed by atoms with E-state index in [2.05, 4.69) is 9.80 Å². The maximum absolute atomic E-state index is 13.0. The van der Waals surface area contributed by atoms with Crippen LogP contribution in [0.5, 0.6) is 0 Å². The van der Waals surface area contributed by atoms with Gasteiger partial charge in [0.25, 0.3) is 0 Å². The van der Waals surface area contributed by atoms with Crippen molar-refractivity contribution in [2.75, 3.05) is 52.5 Å². The molecule has 0 amide bonds. The molecule has 1 aromatic carbocycles. The highest BCUT2D eigenvalue weighted by atomic mass is 19.1. The molecule has 1 N–H and O–H groups in total. The van der Waals surface area contributed by atoms with Gasteiger partial charge in [0.15, 0.2) is 0 Å². The summed E-state index contributed by atoms with van der Waals surface area (Å²) in [6.45, 7) is 8.24. The van der Waals surface area contributed by atoms with E-state index in [9.17, 15) is 9.50 Å². The van der Waals surface area contributed by atoms with Crippen LogP contribution in [0.3, 0.4) is 0 Å². The number of ether oxygens (including phenoxy) is 1. The van der Waals surface area contributed by atoms with Crippen molar-refractivity contribution in [2.24, 2.45) is 5.92 Å². The van der Waals surface area contributed by atoms with Gasteiger partial charge in [0.2, 0.25) is 0 Å². The Morgan fingerprint density at radius 3 is 2.21 bits per heavy atom. The largest absolute Gasteiger partial charge is 0.388 e. The summed E-state index contributed by atoms with van der Waals surface area (Å²) in [6, 6.07) is 6.27. The van der Waals surface area contributed by atoms with E-state index in [0.29, 0.717) is 0 Å². The Morgan fingerprint density at radius 2 is 1.58 bits per heavy atom. The van der Waals surface area contributed by atoms with E-state index in [1.165, 1.54) is 18.6 Å². The fraction of sp³-hybridized carbons (Fsp3) is 0.684. The van der Waals surface area contributed by atoms with Crippen LogP contribution in [0.15, 0.2) is 24.3 Å². The zero-order valence-electron chi connectivity index (χ0n) is 14.4. The Kier molecular flexibility index (Phi) is 6.60. The Morgan fingerprint density at radius 1 is 1.00 bits per heavy atom. The van der Waals surface area contributed by atoms with Crippen LogP contribution in [0.1, 0.15) is 30.9 Å². The molecule has 2 aliphatic heterocycles. The average Bonchev–Trinajstić information content (AvgIpc) is 2.63. The molecule has 1 aromatic rings. The van der Waals surface area contributed by atoms with Crippen LogP contribution in [0.4, 0.5) is 4.39 Å². The van der Waals surface area contributed by atoms with Crippen molar-refractivity contribution in [3.63, 3.8) is 0 Å². The van der Waals surface area contributed by atoms with Gasteiger partial charge in [-0.05, 0) is 69.1 Å². The second-order valence-corrected chi connectivity index (χ2v) is 6.98. The second kappa shape index (κ2) is 8.90. The molecule has 0 saturated carbocycles. The SMILES string of the molecule is OC(c1ccc(F)cc1)C1CCN(CCCN2CCOCC2)CC1. The molecule has 2 saturated heterocycles. The first kappa shape index (κ1) is 17.8. The molecule has 2 heterocycles. The Balaban J connectivity index is 1.36. The maximum Gasteiger partial charge on any atom is 0.123 e. The summed E-state index contributed by atoms with van der Waals surface area (Å²) in [6.07, 6.45) is 2.75. The Labute approximate surface area is 144 Å². The molecule has 1 unspecified atom stereocenters. The summed E-state index contributed by atoms with van der Waals surface area (Å²) >= 11 is 0. The Bertz CT molecular complexity index is 483. The summed E-state index contributed by atoms with van der Waals surface area (Å²) in [5.74, 6) is 0.0343. The van der Waals surface area contributed by atoms with Crippen molar-refractivity contribution in [3.8, 4) is 0 Å². The van der Waals surface area contributed by atoms with Gasteiger partial charge in [-0.1, -0.05) is 12.1 Å². The fourth-order valence-corrected chi connectivity index (χ4v) is 3.77. The molecule has 0 aliphatic carbocycles. The van der Waals surface area contributed by atoms with E-state index in [4.69, 9.17) is 4.74 Å². The lowest BCUT2D eigenvalue weighted by Gasteiger charge is -2.35. The predicted octanol–water partition coefficient (Wildman–Crippen LogP) is 2.29. The standard InChI is InChI=1S/C19H29FN2O2/c20-18-4-2-16(3-5-18)19(23)17-6-10-21(11-7-17)8-1-9-22-12-14-24-15-13-22/h2-5,17,19,23H,1,6-15H2. The van der Waals surface area contributed by atoms with E-state index < -0.39 is 6.10 Å². The third kappa shape index (κ3) is 4.99. The zero-order valence-corrected chi connectivity index (χ0v) is 14.4. The molecule has 4 nitrogen and oxygen atoms in total. The summed E-state index contributed by atoms with van der Waals surface area (Å²) in [7, 11) is 0. The summed E-state index contributed by atoms with van der Waals surface area (Å²) in [4.78, 5) is 4.99. The van der Waals surface area contributed by atoms with Gasteiger partial charge < -0.3 is 14.7 Å². The molecule has 3 rings (SSSR count). The van der Waals surface area contributed by atoms with Crippen LogP contribution >= 0.6 is 0 Å². The maximum atomic E-state index is 13.0. The van der Waals surface area contributed by atoms with Crippen LogP contribution in [-0.4, -0.2) is 67.4 Å². The minimum Gasteiger partial charge on any atom is -0.388 e. The first-order valence-corrected chi connectivity index (χ1v) is 9.18. The third-order valence-corrected chi connectivity index (χ3v) is 5.34. The molecule has 2 aliphatic rings. The smallest absolute Gasteiger partial charge is 0.123 e. The topological polar surface area (TPSA) is 35.9 Å². The monoisotopic (exact) mass is 336 g/mol. The highest BCUT2D eigenvalue weighted by Gasteiger charge is 2.26. The number of nitrogens with zero attached hydrogens (tertiary/aromatic N) is 2. The van der Waals surface area contributed by atoms with Crippen molar-refractivity contribution in [1.29, 1.82) is 0 Å². The van der Waals surface area contributed by atoms with Crippen LogP contribution in [-0.2, 0) is 4.74 Å². The van der Waals surface area contributed by atoms with Gasteiger partial charge >= 0.3 is 0 Å². The quantitative estimate of drug-likeness (QED) is 0.865. The van der Waals surface area contributed by atoms with E-state index >= 15 is 0 Å². The molecule has 1 atom stereocenters. The number of morpholine rings is 1. The average molecular weight is 336 g/mol. The summed E-state index contributed by atoms with van der Waals surface area (Å²) in [5.41, 5.74) is 0.835. The van der Waals surface area contributed by atoms with Gasteiger partial charge in [-0.25, -0.2) is 4.39 Å². The molecule has 5 heteroatoms. The lowest BCUT2D eigenvalue weighted by molar-refractivity contribution is 0.0332. The number of halogens is 1. The third-order valence-electron chi connectivity index (χ3n) is 5.34. The zero-order chi connectivity index (χ0) is 16.8. The number of aliphatic hydroxyl groups is 1. The number of likely N-dealkylation sites (tertiary alicyclic amines) is 1. The minimum absolute atomic E-state index is 0.249. The summed E-state index contributed by atoms with van der Waals surface area (Å²) in [5, 5.41) is 10.5. The van der Waals surface area contributed by atoms with E-state index in [-0.39, 0.29) is 11.7 Å². The molecule has 0 spiro atoms. The van der Waals surface area contributed by atoms with E-state index in [1.54, 1.807) is 12.1 Å². The van der Waals surface area contributed by atoms with Crippen LogP contribution in [0, 0.1) is 11.7 Å². The van der Waals surface area contributed by atoms with Gasteiger partial charge in [-0.3, -0.25) is 4.90 Å². The van der Waals surface area contributed by atoms with Crippen molar-refractivity contribution >= 4 is 0 Å². The molecule has 0 radical (unpaired) electrons. The van der Waals surface area contributed by atoms with Crippen molar-refractivity contribution in [3.05, 3.63) is 35.6 Å². The number of hydrogen-bond donors (Lipinski definition) is 1. The molecule has 2 fully saturated rings. The summed E-state index contributed by atoms with van der Waals surface area (Å²) < 4.78 is 18.4. The van der Waals surface area contributed by atoms with Crippen molar-refractivity contribution in [2.45, 2.75) is 25.4 Å². The normalized spacial score (nSPS) is 22.6. The molecular formula is C19H29FN2O2. The number of rotatable bonds is 6. The molecular weight excluding hydrogens is 307 g/mol. The predicted molar refractivity (Wildman–Crippen MR) is 92.4 cm³/mol. The van der Waals surface area contributed by atoms with Crippen LogP contribution in [0.2, 0.25) is 0 Å². The molecule has 0 aromatic heterocycles. The highest BCUT2D eigenvalue weighted by Crippen LogP contribution is 2.30.